The van der Waals surface area contributed by atoms with E-state index in [1.807, 2.05) is 70.6 Å². The standard InChI is InChI=1S/C26H32N8OS2/c1-31(23-9-5-21(6-10-23)27-29-25-33(3)15-19-36-25)13-17-35-18-14-32(2)24-11-7-22(8-12-24)28-30-26-34(4)16-20-37-26/h5-12,15-16,19-20H,13-14,17-18H2,1-4H3/q+2. The van der Waals surface area contributed by atoms with Gasteiger partial charge in [-0.2, -0.15) is 0 Å². The zero-order valence-corrected chi connectivity index (χ0v) is 23.2. The summed E-state index contributed by atoms with van der Waals surface area (Å²) in [7, 11) is 8.05. The van der Waals surface area contributed by atoms with Crippen molar-refractivity contribution in [3.05, 3.63) is 71.7 Å². The molecule has 0 bridgehead atoms. The van der Waals surface area contributed by atoms with Crippen LogP contribution in [0, 0.1) is 0 Å². The number of likely N-dealkylation sites (N-methyl/N-ethyl adjacent to an activating group) is 2. The molecule has 9 nitrogen and oxygen atoms in total. The number of nitrogens with zero attached hydrogens (tertiary/aromatic N) is 8. The summed E-state index contributed by atoms with van der Waals surface area (Å²) >= 11 is 3.12. The van der Waals surface area contributed by atoms with Crippen LogP contribution in [0.3, 0.4) is 0 Å². The van der Waals surface area contributed by atoms with Crippen LogP contribution in [-0.2, 0) is 18.8 Å². The second kappa shape index (κ2) is 13.1. The molecule has 0 radical (unpaired) electrons. The molecule has 11 heteroatoms. The van der Waals surface area contributed by atoms with E-state index in [0.29, 0.717) is 13.2 Å². The van der Waals surface area contributed by atoms with Crippen molar-refractivity contribution in [3.63, 3.8) is 0 Å². The topological polar surface area (TPSA) is 72.9 Å². The molecule has 0 saturated heterocycles. The van der Waals surface area contributed by atoms with E-state index >= 15 is 0 Å². The highest BCUT2D eigenvalue weighted by atomic mass is 32.1. The molecule has 4 aromatic rings. The van der Waals surface area contributed by atoms with Crippen molar-refractivity contribution in [2.24, 2.45) is 34.6 Å². The van der Waals surface area contributed by atoms with E-state index in [1.54, 1.807) is 22.7 Å². The Morgan fingerprint density at radius 1 is 0.649 bits per heavy atom. The Kier molecular flexibility index (Phi) is 9.41. The van der Waals surface area contributed by atoms with Gasteiger partial charge in [0, 0.05) is 49.3 Å². The van der Waals surface area contributed by atoms with Gasteiger partial charge in [0.1, 0.15) is 23.8 Å². The molecule has 0 N–H and O–H groups in total. The molecule has 0 spiro atoms. The summed E-state index contributed by atoms with van der Waals surface area (Å²) in [5.41, 5.74) is 3.90. The van der Waals surface area contributed by atoms with Gasteiger partial charge in [0.05, 0.1) is 37.5 Å². The van der Waals surface area contributed by atoms with Crippen molar-refractivity contribution in [3.8, 4) is 0 Å². The molecular formula is C26H32N8OS2+2. The van der Waals surface area contributed by atoms with Gasteiger partial charge in [0.2, 0.25) is 0 Å². The number of rotatable bonds is 12. The first-order valence-electron chi connectivity index (χ1n) is 11.9. The minimum absolute atomic E-state index is 0.653. The Morgan fingerprint density at radius 2 is 1.05 bits per heavy atom. The number of hydrogen-bond acceptors (Lipinski definition) is 9. The van der Waals surface area contributed by atoms with Crippen molar-refractivity contribution in [1.29, 1.82) is 0 Å². The van der Waals surface area contributed by atoms with E-state index in [1.165, 1.54) is 0 Å². The van der Waals surface area contributed by atoms with Gasteiger partial charge in [0.25, 0.3) is 0 Å². The van der Waals surface area contributed by atoms with E-state index in [4.69, 9.17) is 4.74 Å². The molecule has 0 saturated carbocycles. The lowest BCUT2D eigenvalue weighted by molar-refractivity contribution is -0.654. The van der Waals surface area contributed by atoms with Crippen LogP contribution in [0.4, 0.5) is 33.0 Å². The number of benzene rings is 2. The molecule has 0 aliphatic carbocycles. The van der Waals surface area contributed by atoms with Crippen LogP contribution in [0.5, 0.6) is 0 Å². The number of aryl methyl sites for hydroxylation is 2. The van der Waals surface area contributed by atoms with Gasteiger partial charge in [-0.1, -0.05) is 0 Å². The summed E-state index contributed by atoms with van der Waals surface area (Å²) in [6, 6.07) is 16.1. The number of ether oxygens (including phenoxy) is 1. The summed E-state index contributed by atoms with van der Waals surface area (Å²) in [5.74, 6) is 0. The summed E-state index contributed by atoms with van der Waals surface area (Å²) in [5, 5.41) is 23.0. The second-order valence-electron chi connectivity index (χ2n) is 8.48. The van der Waals surface area contributed by atoms with Crippen LogP contribution >= 0.6 is 22.7 Å². The SMILES string of the molecule is CN(CCOCCN(C)c1ccc(N=Nc2scc[n+]2C)cc1)c1ccc(N=Nc2scc[n+]2C)cc1. The smallest absolute Gasteiger partial charge is 0.378 e. The van der Waals surface area contributed by atoms with Crippen molar-refractivity contribution < 1.29 is 13.9 Å². The van der Waals surface area contributed by atoms with Gasteiger partial charge in [0.15, 0.2) is 0 Å². The lowest BCUT2D eigenvalue weighted by Crippen LogP contribution is -2.26. The number of anilines is 2. The van der Waals surface area contributed by atoms with Gasteiger partial charge < -0.3 is 14.5 Å². The number of thiazole rings is 2. The lowest BCUT2D eigenvalue weighted by atomic mass is 10.2. The van der Waals surface area contributed by atoms with Gasteiger partial charge in [-0.3, -0.25) is 0 Å². The molecule has 2 heterocycles. The summed E-state index contributed by atoms with van der Waals surface area (Å²) in [4.78, 5) is 4.35. The largest absolute Gasteiger partial charge is 0.408 e. The first-order chi connectivity index (χ1) is 18.0. The van der Waals surface area contributed by atoms with Crippen LogP contribution in [0.25, 0.3) is 0 Å². The Morgan fingerprint density at radius 3 is 1.41 bits per heavy atom. The van der Waals surface area contributed by atoms with E-state index in [2.05, 4.69) is 68.6 Å². The molecule has 2 aromatic carbocycles. The van der Waals surface area contributed by atoms with Crippen molar-refractivity contribution >= 4 is 55.7 Å². The second-order valence-corrected chi connectivity index (χ2v) is 10.2. The predicted molar refractivity (Wildman–Crippen MR) is 150 cm³/mol. The molecule has 0 aliphatic rings. The molecule has 0 atom stereocenters. The van der Waals surface area contributed by atoms with Crippen LogP contribution in [-0.4, -0.2) is 40.4 Å². The van der Waals surface area contributed by atoms with Gasteiger partial charge in [-0.15, -0.1) is 0 Å². The third-order valence-corrected chi connectivity index (χ3v) is 7.42. The third-order valence-electron chi connectivity index (χ3n) is 5.74. The highest BCUT2D eigenvalue weighted by Crippen LogP contribution is 2.23. The maximum Gasteiger partial charge on any atom is 0.408 e. The highest BCUT2D eigenvalue weighted by molar-refractivity contribution is 7.13. The van der Waals surface area contributed by atoms with Crippen molar-refractivity contribution in [1.82, 2.24) is 0 Å². The predicted octanol–water partition coefficient (Wildman–Crippen LogP) is 5.88. The molecule has 0 fully saturated rings. The molecule has 0 aliphatic heterocycles. The van der Waals surface area contributed by atoms with E-state index in [-0.39, 0.29) is 0 Å². The molecule has 4 rings (SSSR count). The molecule has 2 aromatic heterocycles. The van der Waals surface area contributed by atoms with Crippen LogP contribution < -0.4 is 18.9 Å². The fourth-order valence-corrected chi connectivity index (χ4v) is 4.72. The van der Waals surface area contributed by atoms with E-state index in [0.717, 1.165) is 46.1 Å². The van der Waals surface area contributed by atoms with E-state index in [9.17, 15) is 0 Å². The van der Waals surface area contributed by atoms with Crippen LogP contribution in [0.15, 0.2) is 92.1 Å². The van der Waals surface area contributed by atoms with Gasteiger partial charge in [-0.25, -0.2) is 9.13 Å². The minimum Gasteiger partial charge on any atom is -0.378 e. The monoisotopic (exact) mass is 536 g/mol. The normalized spacial score (nSPS) is 11.6. The Labute approximate surface area is 225 Å². The quantitative estimate of drug-likeness (QED) is 0.129. The third kappa shape index (κ3) is 7.72. The highest BCUT2D eigenvalue weighted by Gasteiger charge is 2.09. The molecule has 0 unspecified atom stereocenters. The fourth-order valence-electron chi connectivity index (χ4n) is 3.36. The molecular weight excluding hydrogens is 504 g/mol. The first kappa shape index (κ1) is 26.5. The van der Waals surface area contributed by atoms with Crippen LogP contribution in [0.1, 0.15) is 0 Å². The van der Waals surface area contributed by atoms with Crippen molar-refractivity contribution in [2.45, 2.75) is 0 Å². The first-order valence-corrected chi connectivity index (χ1v) is 13.7. The molecule has 192 valence electrons. The fraction of sp³-hybridized carbons (Fsp3) is 0.308. The number of aromatic nitrogens is 2. The van der Waals surface area contributed by atoms with Gasteiger partial charge >= 0.3 is 10.3 Å². The Balaban J connectivity index is 1.15. The maximum absolute atomic E-state index is 5.89. The average Bonchev–Trinajstić information content (AvgIpc) is 3.53. The maximum atomic E-state index is 5.89. The minimum atomic E-state index is 0.653. The average molecular weight is 537 g/mol. The zero-order valence-electron chi connectivity index (χ0n) is 21.6. The Bertz CT molecular complexity index is 1210. The van der Waals surface area contributed by atoms with Crippen LogP contribution in [0.2, 0.25) is 0 Å². The van der Waals surface area contributed by atoms with Gasteiger partial charge in [-0.05, 0) is 81.4 Å². The lowest BCUT2D eigenvalue weighted by Gasteiger charge is -2.21. The van der Waals surface area contributed by atoms with E-state index < -0.39 is 0 Å². The van der Waals surface area contributed by atoms with Crippen molar-refractivity contribution in [2.75, 3.05) is 50.2 Å². The summed E-state index contributed by atoms with van der Waals surface area (Å²) in [6.07, 6.45) is 3.94. The molecule has 37 heavy (non-hydrogen) atoms. The zero-order chi connectivity index (χ0) is 26.0. The summed E-state index contributed by atoms with van der Waals surface area (Å²) in [6.45, 7) is 2.91. The Hall–Kier alpha value is -3.54. The molecule has 0 amide bonds. The summed E-state index contributed by atoms with van der Waals surface area (Å²) < 4.78 is 9.79. The number of hydrogen-bond donors (Lipinski definition) is 0. The number of azo groups is 2.